The van der Waals surface area contributed by atoms with Gasteiger partial charge in [-0.3, -0.25) is 0 Å². The Balaban J connectivity index is 0.000000240. The van der Waals surface area contributed by atoms with Crippen molar-refractivity contribution in [3.05, 3.63) is 97.1 Å². The average Bonchev–Trinajstić information content (AvgIpc) is 3.07. The van der Waals surface area contributed by atoms with E-state index < -0.39 is 0 Å². The standard InChI is InChI=1S/2C16H18O4Te2/c2*17-9-11-19-13-5-1-3-7-15(13)21-22-16-8-4-2-6-14(16)20-12-10-18/h2*1-8,17-18H,9-12H2. The van der Waals surface area contributed by atoms with Crippen LogP contribution in [0.1, 0.15) is 0 Å². The summed E-state index contributed by atoms with van der Waals surface area (Å²) in [6, 6.07) is 32.3. The molecular weight excluding hydrogens is 1020 g/mol. The van der Waals surface area contributed by atoms with Crippen molar-refractivity contribution < 1.29 is 39.4 Å². The van der Waals surface area contributed by atoms with Gasteiger partial charge in [0.2, 0.25) is 0 Å². The van der Waals surface area contributed by atoms with Crippen LogP contribution in [-0.2, 0) is 0 Å². The van der Waals surface area contributed by atoms with Crippen LogP contribution >= 0.6 is 0 Å². The topological polar surface area (TPSA) is 118 Å². The molecule has 0 amide bonds. The Morgan fingerprint density at radius 3 is 0.750 bits per heavy atom. The Morgan fingerprint density at radius 1 is 0.341 bits per heavy atom. The number of ether oxygens (including phenoxy) is 4. The zero-order valence-electron chi connectivity index (χ0n) is 23.9. The number of benzene rings is 4. The summed E-state index contributed by atoms with van der Waals surface area (Å²) in [6.45, 7) is 1.46. The maximum absolute atomic E-state index is 8.90. The van der Waals surface area contributed by atoms with Gasteiger partial charge in [-0.05, 0) is 0 Å². The van der Waals surface area contributed by atoms with Crippen molar-refractivity contribution in [2.75, 3.05) is 52.9 Å². The molecule has 0 saturated heterocycles. The van der Waals surface area contributed by atoms with Gasteiger partial charge in [0, 0.05) is 0 Å². The Hall–Kier alpha value is -0.922. The van der Waals surface area contributed by atoms with Gasteiger partial charge in [-0.15, -0.1) is 0 Å². The van der Waals surface area contributed by atoms with Crippen LogP contribution in [0.15, 0.2) is 97.1 Å². The zero-order valence-corrected chi connectivity index (χ0v) is 33.3. The monoisotopic (exact) mass is 1070 g/mol. The first-order valence-corrected chi connectivity index (χ1v) is 33.0. The summed E-state index contributed by atoms with van der Waals surface area (Å²) >= 11 is -1.37. The Kier molecular flexibility index (Phi) is 20.0. The molecule has 236 valence electrons. The van der Waals surface area contributed by atoms with E-state index in [0.717, 1.165) is 23.0 Å². The quantitative estimate of drug-likeness (QED) is 0.0980. The minimum absolute atomic E-state index is 0.0312. The number of hydrogen-bond acceptors (Lipinski definition) is 8. The molecule has 0 saturated carbocycles. The Labute approximate surface area is 291 Å². The van der Waals surface area contributed by atoms with E-state index in [1.165, 1.54) is 14.4 Å². The van der Waals surface area contributed by atoms with Crippen LogP contribution in [0.4, 0.5) is 0 Å². The molecule has 0 radical (unpaired) electrons. The molecule has 0 aliphatic rings. The molecule has 4 aromatic carbocycles. The second-order valence-electron chi connectivity index (χ2n) is 8.41. The van der Waals surface area contributed by atoms with E-state index in [-0.39, 0.29) is 94.7 Å². The molecule has 0 heterocycles. The van der Waals surface area contributed by atoms with E-state index in [1.54, 1.807) is 0 Å². The van der Waals surface area contributed by atoms with Crippen LogP contribution < -0.4 is 33.4 Å². The minimum atomic E-state index is -0.342. The second-order valence-corrected chi connectivity index (χ2v) is 28.1. The molecule has 8 nitrogen and oxygen atoms in total. The third-order valence-corrected chi connectivity index (χ3v) is 28.6. The normalized spacial score (nSPS) is 10.5. The van der Waals surface area contributed by atoms with Gasteiger partial charge in [0.05, 0.1) is 0 Å². The summed E-state index contributed by atoms with van der Waals surface area (Å²) in [5.74, 6) is 3.60. The zero-order chi connectivity index (χ0) is 31.2. The summed E-state index contributed by atoms with van der Waals surface area (Å²) < 4.78 is 27.6. The van der Waals surface area contributed by atoms with Crippen LogP contribution in [0.25, 0.3) is 0 Å². The average molecular weight is 1060 g/mol. The third-order valence-electron chi connectivity index (χ3n) is 5.23. The van der Waals surface area contributed by atoms with Gasteiger partial charge in [-0.2, -0.15) is 0 Å². The van der Waals surface area contributed by atoms with Crippen LogP contribution in [0.5, 0.6) is 23.0 Å². The summed E-state index contributed by atoms with van der Waals surface area (Å²) in [6.07, 6.45) is 0. The second kappa shape index (κ2) is 23.4. The van der Waals surface area contributed by atoms with E-state index in [4.69, 9.17) is 39.4 Å². The molecule has 0 aliphatic heterocycles. The van der Waals surface area contributed by atoms with Gasteiger partial charge in [0.15, 0.2) is 0 Å². The van der Waals surface area contributed by atoms with Crippen molar-refractivity contribution in [3.8, 4) is 23.0 Å². The molecule has 44 heavy (non-hydrogen) atoms. The molecule has 4 rings (SSSR count). The Morgan fingerprint density at radius 2 is 0.545 bits per heavy atom. The molecule has 0 spiro atoms. The summed E-state index contributed by atoms with van der Waals surface area (Å²) in [5, 5.41) is 35.6. The fourth-order valence-electron chi connectivity index (χ4n) is 3.35. The van der Waals surface area contributed by atoms with E-state index in [2.05, 4.69) is 24.3 Å². The van der Waals surface area contributed by atoms with Gasteiger partial charge in [-0.25, -0.2) is 0 Å². The molecule has 12 heteroatoms. The molecule has 0 bridgehead atoms. The van der Waals surface area contributed by atoms with Crippen molar-refractivity contribution in [1.82, 2.24) is 0 Å². The number of aliphatic hydroxyl groups is 4. The predicted octanol–water partition coefficient (Wildman–Crippen LogP) is -0.594. The molecule has 4 N–H and O–H groups in total. The number of rotatable bonds is 18. The van der Waals surface area contributed by atoms with Gasteiger partial charge < -0.3 is 0 Å². The number of aliphatic hydroxyl groups excluding tert-OH is 4. The fraction of sp³-hybridized carbons (Fsp3) is 0.250. The van der Waals surface area contributed by atoms with Crippen molar-refractivity contribution in [3.63, 3.8) is 0 Å². The van der Waals surface area contributed by atoms with Crippen molar-refractivity contribution >= 4 is 82.7 Å². The van der Waals surface area contributed by atoms with Crippen LogP contribution in [-0.4, -0.2) is 142 Å². The van der Waals surface area contributed by atoms with Crippen LogP contribution in [0.3, 0.4) is 0 Å². The van der Waals surface area contributed by atoms with Gasteiger partial charge in [0.1, 0.15) is 0 Å². The van der Waals surface area contributed by atoms with Gasteiger partial charge in [-0.1, -0.05) is 0 Å². The molecule has 0 aliphatic carbocycles. The van der Waals surface area contributed by atoms with Gasteiger partial charge >= 0.3 is 295 Å². The third kappa shape index (κ3) is 13.8. The van der Waals surface area contributed by atoms with E-state index in [1.807, 2.05) is 72.8 Å². The molecule has 0 aromatic heterocycles. The van der Waals surface area contributed by atoms with E-state index in [9.17, 15) is 0 Å². The van der Waals surface area contributed by atoms with Crippen molar-refractivity contribution in [2.24, 2.45) is 0 Å². The molecular formula is C32H36O8Te4. The first-order chi connectivity index (χ1) is 21.7. The number of para-hydroxylation sites is 4. The Bertz CT molecular complexity index is 1160. The first kappa shape index (κ1) is 37.5. The maximum atomic E-state index is 8.90. The number of hydrogen-bond donors (Lipinski definition) is 4. The fourth-order valence-corrected chi connectivity index (χ4v) is 25.7. The predicted molar refractivity (Wildman–Crippen MR) is 178 cm³/mol. The summed E-state index contributed by atoms with van der Waals surface area (Å²) in [4.78, 5) is 0. The molecule has 4 aromatic rings. The van der Waals surface area contributed by atoms with Crippen molar-refractivity contribution in [2.45, 2.75) is 0 Å². The summed E-state index contributed by atoms with van der Waals surface area (Å²) in [5.41, 5.74) is 0. The van der Waals surface area contributed by atoms with Crippen LogP contribution in [0.2, 0.25) is 0 Å². The van der Waals surface area contributed by atoms with E-state index in [0.29, 0.717) is 26.4 Å². The van der Waals surface area contributed by atoms with E-state index >= 15 is 0 Å². The first-order valence-electron chi connectivity index (χ1n) is 13.7. The van der Waals surface area contributed by atoms with Gasteiger partial charge in [0.25, 0.3) is 0 Å². The molecule has 0 atom stereocenters. The van der Waals surface area contributed by atoms with Crippen molar-refractivity contribution in [1.29, 1.82) is 0 Å². The molecule has 0 unspecified atom stereocenters. The van der Waals surface area contributed by atoms with Crippen LogP contribution in [0, 0.1) is 0 Å². The SMILES string of the molecule is OCCOc1ccccc1[Te][Te]c1ccccc1OCCO.OCCOc1ccccc1[Te][Te]c1ccccc1OCCO. The summed E-state index contributed by atoms with van der Waals surface area (Å²) in [7, 11) is 0. The molecule has 0 fully saturated rings.